The van der Waals surface area contributed by atoms with Crippen molar-refractivity contribution in [2.24, 2.45) is 0 Å². The number of likely N-dealkylation sites (tertiary alicyclic amines) is 1. The first-order chi connectivity index (χ1) is 11.6. The molecular weight excluding hydrogens is 302 g/mol. The Labute approximate surface area is 144 Å². The van der Waals surface area contributed by atoms with E-state index >= 15 is 0 Å². The van der Waals surface area contributed by atoms with Crippen LogP contribution in [0.2, 0.25) is 0 Å². The fourth-order valence-electron chi connectivity index (χ4n) is 3.49. The number of aliphatic hydroxyl groups is 1. The Bertz CT molecular complexity index is 551. The maximum Gasteiger partial charge on any atom is 0.315 e. The van der Waals surface area contributed by atoms with Gasteiger partial charge in [0.25, 0.3) is 0 Å². The molecular formula is C19H29N3O2. The Morgan fingerprint density at radius 3 is 2.42 bits per heavy atom. The lowest BCUT2D eigenvalue weighted by molar-refractivity contribution is -0.0290. The maximum absolute atomic E-state index is 12.0. The molecule has 1 aliphatic heterocycles. The number of hydrogen-bond acceptors (Lipinski definition) is 3. The van der Waals surface area contributed by atoms with Crippen molar-refractivity contribution in [3.63, 3.8) is 0 Å². The van der Waals surface area contributed by atoms with Crippen LogP contribution in [0.5, 0.6) is 0 Å². The third-order valence-corrected chi connectivity index (χ3v) is 5.26. The van der Waals surface area contributed by atoms with E-state index in [2.05, 4.69) is 33.7 Å². The van der Waals surface area contributed by atoms with Gasteiger partial charge in [-0.2, -0.15) is 0 Å². The zero-order valence-corrected chi connectivity index (χ0v) is 14.4. The highest BCUT2D eigenvalue weighted by molar-refractivity contribution is 5.74. The van der Waals surface area contributed by atoms with Crippen LogP contribution in [-0.2, 0) is 13.1 Å². The standard InChI is InChI=1S/C19H29N3O2/c23-18(21-15-19(24)9-6-10-19)20-13-16-7-2-3-8-17(16)14-22-11-4-1-5-12-22/h2-3,7-8,24H,1,4-6,9-15H2,(H2,20,21,23). The summed E-state index contributed by atoms with van der Waals surface area (Å²) in [5, 5.41) is 15.7. The van der Waals surface area contributed by atoms with Crippen molar-refractivity contribution in [3.05, 3.63) is 35.4 Å². The van der Waals surface area contributed by atoms with Gasteiger partial charge >= 0.3 is 6.03 Å². The topological polar surface area (TPSA) is 64.6 Å². The molecule has 2 fully saturated rings. The molecule has 2 amide bonds. The van der Waals surface area contributed by atoms with E-state index < -0.39 is 5.60 Å². The number of amides is 2. The second-order valence-electron chi connectivity index (χ2n) is 7.22. The van der Waals surface area contributed by atoms with E-state index in [-0.39, 0.29) is 6.03 Å². The number of carbonyl (C=O) groups excluding carboxylic acids is 1. The Balaban J connectivity index is 1.48. The number of nitrogens with zero attached hydrogens (tertiary/aromatic N) is 1. The van der Waals surface area contributed by atoms with Gasteiger partial charge in [0, 0.05) is 19.6 Å². The molecule has 3 rings (SSSR count). The summed E-state index contributed by atoms with van der Waals surface area (Å²) < 4.78 is 0. The Kier molecular flexibility index (Phi) is 5.74. The SMILES string of the molecule is O=C(NCc1ccccc1CN1CCCCC1)NCC1(O)CCC1. The summed E-state index contributed by atoms with van der Waals surface area (Å²) in [4.78, 5) is 14.5. The van der Waals surface area contributed by atoms with E-state index in [0.29, 0.717) is 13.1 Å². The molecule has 1 heterocycles. The molecule has 0 spiro atoms. The Morgan fingerprint density at radius 2 is 1.75 bits per heavy atom. The van der Waals surface area contributed by atoms with E-state index in [4.69, 9.17) is 0 Å². The minimum atomic E-state index is -0.677. The minimum Gasteiger partial charge on any atom is -0.388 e. The number of hydrogen-bond donors (Lipinski definition) is 3. The third-order valence-electron chi connectivity index (χ3n) is 5.26. The van der Waals surface area contributed by atoms with Gasteiger partial charge in [-0.1, -0.05) is 30.7 Å². The van der Waals surface area contributed by atoms with Crippen LogP contribution in [0.15, 0.2) is 24.3 Å². The van der Waals surface area contributed by atoms with Gasteiger partial charge in [-0.3, -0.25) is 4.90 Å². The number of nitrogens with one attached hydrogen (secondary N) is 2. The minimum absolute atomic E-state index is 0.205. The number of benzene rings is 1. The first kappa shape index (κ1) is 17.2. The molecule has 24 heavy (non-hydrogen) atoms. The predicted octanol–water partition coefficient (Wildman–Crippen LogP) is 2.39. The van der Waals surface area contributed by atoms with Gasteiger partial charge in [0.05, 0.1) is 5.60 Å². The van der Waals surface area contributed by atoms with Gasteiger partial charge in [-0.15, -0.1) is 0 Å². The van der Waals surface area contributed by atoms with Crippen LogP contribution in [0.4, 0.5) is 4.79 Å². The number of piperidine rings is 1. The van der Waals surface area contributed by atoms with Gasteiger partial charge in [0.2, 0.25) is 0 Å². The molecule has 1 aromatic rings. The van der Waals surface area contributed by atoms with Crippen molar-refractivity contribution in [1.29, 1.82) is 0 Å². The molecule has 0 unspecified atom stereocenters. The fourth-order valence-corrected chi connectivity index (χ4v) is 3.49. The number of rotatable bonds is 6. The lowest BCUT2D eigenvalue weighted by Crippen LogP contribution is -2.50. The number of carbonyl (C=O) groups is 1. The predicted molar refractivity (Wildman–Crippen MR) is 94.6 cm³/mol. The Morgan fingerprint density at radius 1 is 1.04 bits per heavy atom. The van der Waals surface area contributed by atoms with Gasteiger partial charge in [0.1, 0.15) is 0 Å². The maximum atomic E-state index is 12.0. The average molecular weight is 331 g/mol. The molecule has 3 N–H and O–H groups in total. The molecule has 0 bridgehead atoms. The number of urea groups is 1. The van der Waals surface area contributed by atoms with Crippen LogP contribution in [0.1, 0.15) is 49.7 Å². The van der Waals surface area contributed by atoms with Gasteiger partial charge in [0.15, 0.2) is 0 Å². The summed E-state index contributed by atoms with van der Waals surface area (Å²) >= 11 is 0. The van der Waals surface area contributed by atoms with Crippen LogP contribution >= 0.6 is 0 Å². The second-order valence-corrected chi connectivity index (χ2v) is 7.22. The quantitative estimate of drug-likeness (QED) is 0.750. The zero-order valence-electron chi connectivity index (χ0n) is 14.4. The highest BCUT2D eigenvalue weighted by Crippen LogP contribution is 2.30. The Hall–Kier alpha value is -1.59. The van der Waals surface area contributed by atoms with E-state index in [1.54, 1.807) is 0 Å². The summed E-state index contributed by atoms with van der Waals surface area (Å²) in [7, 11) is 0. The molecule has 0 atom stereocenters. The van der Waals surface area contributed by atoms with E-state index in [1.165, 1.54) is 43.5 Å². The van der Waals surface area contributed by atoms with Crippen molar-refractivity contribution in [3.8, 4) is 0 Å². The van der Waals surface area contributed by atoms with Gasteiger partial charge in [-0.05, 0) is 56.3 Å². The molecule has 5 heteroatoms. The fraction of sp³-hybridized carbons (Fsp3) is 0.632. The molecule has 0 aromatic heterocycles. The largest absolute Gasteiger partial charge is 0.388 e. The third kappa shape index (κ3) is 4.71. The molecule has 1 saturated carbocycles. The van der Waals surface area contributed by atoms with Crippen molar-refractivity contribution in [2.75, 3.05) is 19.6 Å². The smallest absolute Gasteiger partial charge is 0.315 e. The first-order valence-corrected chi connectivity index (χ1v) is 9.18. The summed E-state index contributed by atoms with van der Waals surface area (Å²) in [6.07, 6.45) is 6.52. The molecule has 1 saturated heterocycles. The normalized spacial score (nSPS) is 20.2. The molecule has 2 aliphatic rings. The van der Waals surface area contributed by atoms with Crippen LogP contribution in [0, 0.1) is 0 Å². The highest BCUT2D eigenvalue weighted by atomic mass is 16.3. The van der Waals surface area contributed by atoms with Crippen LogP contribution in [0.25, 0.3) is 0 Å². The lowest BCUT2D eigenvalue weighted by atomic mass is 9.80. The van der Waals surface area contributed by atoms with Crippen molar-refractivity contribution < 1.29 is 9.90 Å². The monoisotopic (exact) mass is 331 g/mol. The van der Waals surface area contributed by atoms with Crippen LogP contribution in [0.3, 0.4) is 0 Å². The summed E-state index contributed by atoms with van der Waals surface area (Å²) in [6.45, 7) is 4.16. The van der Waals surface area contributed by atoms with E-state index in [9.17, 15) is 9.90 Å². The van der Waals surface area contributed by atoms with E-state index in [0.717, 1.165) is 25.8 Å². The van der Waals surface area contributed by atoms with Gasteiger partial charge in [-0.25, -0.2) is 4.79 Å². The van der Waals surface area contributed by atoms with E-state index in [1.807, 2.05) is 6.07 Å². The van der Waals surface area contributed by atoms with Crippen LogP contribution < -0.4 is 10.6 Å². The molecule has 132 valence electrons. The summed E-state index contributed by atoms with van der Waals surface area (Å²) in [5.41, 5.74) is 1.78. The summed E-state index contributed by atoms with van der Waals surface area (Å²) in [6, 6.07) is 8.11. The van der Waals surface area contributed by atoms with Crippen molar-refractivity contribution in [1.82, 2.24) is 15.5 Å². The zero-order chi connectivity index (χ0) is 16.8. The highest BCUT2D eigenvalue weighted by Gasteiger charge is 2.34. The van der Waals surface area contributed by atoms with Crippen molar-refractivity contribution in [2.45, 2.75) is 57.2 Å². The first-order valence-electron chi connectivity index (χ1n) is 9.18. The van der Waals surface area contributed by atoms with Crippen LogP contribution in [-0.4, -0.2) is 41.3 Å². The molecule has 5 nitrogen and oxygen atoms in total. The van der Waals surface area contributed by atoms with Gasteiger partial charge < -0.3 is 15.7 Å². The average Bonchev–Trinajstić information content (AvgIpc) is 2.58. The second kappa shape index (κ2) is 7.99. The molecule has 0 radical (unpaired) electrons. The molecule has 1 aliphatic carbocycles. The lowest BCUT2D eigenvalue weighted by Gasteiger charge is -2.36. The summed E-state index contributed by atoms with van der Waals surface area (Å²) in [5.74, 6) is 0. The molecule has 1 aromatic carbocycles. The van der Waals surface area contributed by atoms with Crippen molar-refractivity contribution >= 4 is 6.03 Å².